The molecule has 0 bridgehead atoms. The molecule has 0 unspecified atom stereocenters. The lowest BCUT2D eigenvalue weighted by Gasteiger charge is -2.15. The van der Waals surface area contributed by atoms with Gasteiger partial charge in [0.1, 0.15) is 6.61 Å². The fraction of sp³-hybridized carbons (Fsp3) is 0.400. The van der Waals surface area contributed by atoms with Gasteiger partial charge in [-0.1, -0.05) is 34.8 Å². The average molecular weight is 305 g/mol. The molecule has 7 heteroatoms. The number of alkyl halides is 2. The molecular formula is C10H10Cl3F2NO. The zero-order chi connectivity index (χ0) is 13.1. The summed E-state index contributed by atoms with van der Waals surface area (Å²) in [6.45, 7) is -1.83. The lowest BCUT2D eigenvalue weighted by Crippen LogP contribution is -2.35. The van der Waals surface area contributed by atoms with Crippen LogP contribution in [-0.2, 0) is 6.54 Å². The third-order valence-corrected chi connectivity index (χ3v) is 3.25. The monoisotopic (exact) mass is 303 g/mol. The van der Waals surface area contributed by atoms with E-state index in [9.17, 15) is 8.78 Å². The van der Waals surface area contributed by atoms with E-state index < -0.39 is 19.1 Å². The van der Waals surface area contributed by atoms with Crippen molar-refractivity contribution in [2.45, 2.75) is 12.5 Å². The molecular weight excluding hydrogens is 294 g/mol. The molecule has 1 rings (SSSR count). The highest BCUT2D eigenvalue weighted by atomic mass is 35.5. The fourth-order valence-electron chi connectivity index (χ4n) is 1.16. The zero-order valence-electron chi connectivity index (χ0n) is 8.61. The first kappa shape index (κ1) is 14.9. The van der Waals surface area contributed by atoms with Crippen molar-refractivity contribution in [3.05, 3.63) is 32.8 Å². The summed E-state index contributed by atoms with van der Waals surface area (Å²) >= 11 is 17.5. The van der Waals surface area contributed by atoms with Gasteiger partial charge >= 0.3 is 0 Å². The van der Waals surface area contributed by atoms with Crippen molar-refractivity contribution in [3.63, 3.8) is 0 Å². The normalized spacial score (nSPS) is 11.9. The van der Waals surface area contributed by atoms with E-state index in [0.29, 0.717) is 15.6 Å². The summed E-state index contributed by atoms with van der Waals surface area (Å²) in [7, 11) is 0. The number of benzene rings is 1. The van der Waals surface area contributed by atoms with Gasteiger partial charge in [-0.15, -0.1) is 0 Å². The highest BCUT2D eigenvalue weighted by molar-refractivity contribution is 6.44. The van der Waals surface area contributed by atoms with Crippen LogP contribution in [0.25, 0.3) is 0 Å². The number of aliphatic hydroxyl groups is 1. The third-order valence-electron chi connectivity index (χ3n) is 2.06. The van der Waals surface area contributed by atoms with Crippen molar-refractivity contribution in [2.75, 3.05) is 13.2 Å². The number of hydrogen-bond acceptors (Lipinski definition) is 2. The van der Waals surface area contributed by atoms with Crippen molar-refractivity contribution in [2.24, 2.45) is 0 Å². The SMILES string of the molecule is OCC(F)(F)CNCc1c(Cl)ccc(Cl)c1Cl. The molecule has 0 saturated carbocycles. The van der Waals surface area contributed by atoms with Crippen LogP contribution >= 0.6 is 34.8 Å². The molecule has 0 aliphatic rings. The van der Waals surface area contributed by atoms with Gasteiger partial charge in [-0.05, 0) is 12.1 Å². The molecule has 0 heterocycles. The Hall–Kier alpha value is -0.130. The van der Waals surface area contributed by atoms with Gasteiger partial charge in [0.25, 0.3) is 5.92 Å². The van der Waals surface area contributed by atoms with E-state index in [4.69, 9.17) is 39.9 Å². The Morgan fingerprint density at radius 3 is 2.35 bits per heavy atom. The minimum absolute atomic E-state index is 0.0494. The van der Waals surface area contributed by atoms with E-state index in [1.54, 1.807) is 0 Å². The number of halogens is 5. The second kappa shape index (κ2) is 6.16. The van der Waals surface area contributed by atoms with Crippen LogP contribution in [0.1, 0.15) is 5.56 Å². The molecule has 1 aromatic carbocycles. The Labute approximate surface area is 112 Å². The molecule has 0 amide bonds. The maximum Gasteiger partial charge on any atom is 0.282 e. The smallest absolute Gasteiger partial charge is 0.282 e. The van der Waals surface area contributed by atoms with Gasteiger partial charge in [-0.3, -0.25) is 0 Å². The van der Waals surface area contributed by atoms with Crippen LogP contribution in [0.5, 0.6) is 0 Å². The highest BCUT2D eigenvalue weighted by Gasteiger charge is 2.27. The maximum absolute atomic E-state index is 12.7. The number of hydrogen-bond donors (Lipinski definition) is 2. The molecule has 2 N–H and O–H groups in total. The molecule has 1 aromatic rings. The molecule has 96 valence electrons. The van der Waals surface area contributed by atoms with Crippen LogP contribution in [0.2, 0.25) is 15.1 Å². The zero-order valence-corrected chi connectivity index (χ0v) is 10.9. The average Bonchev–Trinajstić information content (AvgIpc) is 2.28. The second-order valence-electron chi connectivity index (χ2n) is 3.44. The molecule has 0 fully saturated rings. The van der Waals surface area contributed by atoms with Crippen molar-refractivity contribution in [1.29, 1.82) is 0 Å². The van der Waals surface area contributed by atoms with Crippen LogP contribution in [0, 0.1) is 0 Å². The molecule has 0 spiro atoms. The summed E-state index contributed by atoms with van der Waals surface area (Å²) in [6, 6.07) is 3.06. The van der Waals surface area contributed by atoms with E-state index >= 15 is 0 Å². The van der Waals surface area contributed by atoms with Crippen molar-refractivity contribution < 1.29 is 13.9 Å². The lowest BCUT2D eigenvalue weighted by molar-refractivity contribution is -0.0477. The van der Waals surface area contributed by atoms with Gasteiger partial charge in [-0.2, -0.15) is 0 Å². The first-order valence-electron chi connectivity index (χ1n) is 4.69. The molecule has 2 nitrogen and oxygen atoms in total. The Kier molecular flexibility index (Phi) is 5.41. The first-order chi connectivity index (χ1) is 7.87. The van der Waals surface area contributed by atoms with Gasteiger partial charge in [0, 0.05) is 17.1 Å². The Morgan fingerprint density at radius 2 is 1.76 bits per heavy atom. The lowest BCUT2D eigenvalue weighted by atomic mass is 10.2. The number of rotatable bonds is 5. The fourth-order valence-corrected chi connectivity index (χ4v) is 1.84. The van der Waals surface area contributed by atoms with Gasteiger partial charge in [0.05, 0.1) is 16.6 Å². The van der Waals surface area contributed by atoms with Crippen molar-refractivity contribution in [3.8, 4) is 0 Å². The van der Waals surface area contributed by atoms with E-state index in [-0.39, 0.29) is 11.6 Å². The van der Waals surface area contributed by atoms with E-state index in [0.717, 1.165) is 0 Å². The van der Waals surface area contributed by atoms with E-state index in [2.05, 4.69) is 5.32 Å². The van der Waals surface area contributed by atoms with Crippen LogP contribution in [0.3, 0.4) is 0 Å². The Bertz CT molecular complexity index is 401. The van der Waals surface area contributed by atoms with E-state index in [1.807, 2.05) is 0 Å². The summed E-state index contributed by atoms with van der Waals surface area (Å²) in [5, 5.41) is 11.7. The van der Waals surface area contributed by atoms with Crippen LogP contribution in [0.15, 0.2) is 12.1 Å². The molecule has 0 aromatic heterocycles. The largest absolute Gasteiger partial charge is 0.390 e. The number of aliphatic hydroxyl groups excluding tert-OH is 1. The van der Waals surface area contributed by atoms with Gasteiger partial charge in [0.2, 0.25) is 0 Å². The first-order valence-corrected chi connectivity index (χ1v) is 5.82. The van der Waals surface area contributed by atoms with Crippen molar-refractivity contribution in [1.82, 2.24) is 5.32 Å². The van der Waals surface area contributed by atoms with Gasteiger partial charge < -0.3 is 10.4 Å². The van der Waals surface area contributed by atoms with Crippen LogP contribution in [-0.4, -0.2) is 24.2 Å². The summed E-state index contributed by atoms with van der Waals surface area (Å²) < 4.78 is 25.5. The summed E-state index contributed by atoms with van der Waals surface area (Å²) in [6.07, 6.45) is 0. The van der Waals surface area contributed by atoms with Crippen LogP contribution < -0.4 is 5.32 Å². The summed E-state index contributed by atoms with van der Waals surface area (Å²) in [5.41, 5.74) is 0.453. The van der Waals surface area contributed by atoms with Crippen LogP contribution in [0.4, 0.5) is 8.78 Å². The highest BCUT2D eigenvalue weighted by Crippen LogP contribution is 2.31. The molecule has 0 radical (unpaired) electrons. The third kappa shape index (κ3) is 4.23. The minimum atomic E-state index is -3.17. The molecule has 0 aliphatic heterocycles. The molecule has 0 atom stereocenters. The van der Waals surface area contributed by atoms with E-state index in [1.165, 1.54) is 12.1 Å². The molecule has 17 heavy (non-hydrogen) atoms. The summed E-state index contributed by atoms with van der Waals surface area (Å²) in [5.74, 6) is -3.17. The maximum atomic E-state index is 12.7. The van der Waals surface area contributed by atoms with Gasteiger partial charge in [0.15, 0.2) is 0 Å². The standard InChI is InChI=1S/C10H10Cl3F2NO/c11-7-1-2-8(12)9(13)6(7)3-16-4-10(14,15)5-17/h1-2,16-17H,3-5H2. The van der Waals surface area contributed by atoms with Crippen molar-refractivity contribution >= 4 is 34.8 Å². The topological polar surface area (TPSA) is 32.3 Å². The molecule has 0 saturated heterocycles. The molecule has 0 aliphatic carbocycles. The quantitative estimate of drug-likeness (QED) is 0.818. The number of nitrogens with one attached hydrogen (secondary N) is 1. The van der Waals surface area contributed by atoms with Gasteiger partial charge in [-0.25, -0.2) is 8.78 Å². The predicted molar refractivity (Wildman–Crippen MR) is 65.2 cm³/mol. The predicted octanol–water partition coefficient (Wildman–Crippen LogP) is 3.36. The Balaban J connectivity index is 2.67. The second-order valence-corrected chi connectivity index (χ2v) is 4.63. The Morgan fingerprint density at radius 1 is 1.18 bits per heavy atom. The summed E-state index contributed by atoms with van der Waals surface area (Å²) in [4.78, 5) is 0. The minimum Gasteiger partial charge on any atom is -0.390 e.